The third-order valence-corrected chi connectivity index (χ3v) is 4.19. The fourth-order valence-electron chi connectivity index (χ4n) is 2.69. The summed E-state index contributed by atoms with van der Waals surface area (Å²) in [7, 11) is 0. The van der Waals surface area contributed by atoms with E-state index in [0.717, 1.165) is 31.7 Å². The summed E-state index contributed by atoms with van der Waals surface area (Å²) in [6.07, 6.45) is 0.433. The summed E-state index contributed by atoms with van der Waals surface area (Å²) in [5, 5.41) is 3.01. The molecule has 0 unspecified atom stereocenters. The number of anilines is 1. The van der Waals surface area contributed by atoms with Gasteiger partial charge in [0, 0.05) is 25.0 Å². The van der Waals surface area contributed by atoms with E-state index in [2.05, 4.69) is 10.3 Å². The third-order valence-electron chi connectivity index (χ3n) is 4.19. The van der Waals surface area contributed by atoms with E-state index in [4.69, 9.17) is 0 Å². The van der Waals surface area contributed by atoms with Crippen LogP contribution in [-0.4, -0.2) is 30.0 Å². The monoisotopic (exact) mass is 313 g/mol. The van der Waals surface area contributed by atoms with Crippen molar-refractivity contribution in [2.75, 3.05) is 18.0 Å². The molecule has 2 fully saturated rings. The number of hydrogen-bond acceptors (Lipinski definition) is 3. The molecule has 1 aromatic rings. The van der Waals surface area contributed by atoms with Gasteiger partial charge in [-0.3, -0.25) is 4.79 Å². The lowest BCUT2D eigenvalue weighted by molar-refractivity contribution is -0.141. The highest BCUT2D eigenvalue weighted by molar-refractivity contribution is 5.79. The van der Waals surface area contributed by atoms with Crippen molar-refractivity contribution < 1.29 is 18.0 Å². The fraction of sp³-hybridized carbons (Fsp3) is 0.600. The van der Waals surface area contributed by atoms with Crippen molar-refractivity contribution in [3.05, 3.63) is 24.0 Å². The van der Waals surface area contributed by atoms with Gasteiger partial charge in [0.1, 0.15) is 5.69 Å². The van der Waals surface area contributed by atoms with Crippen molar-refractivity contribution in [1.29, 1.82) is 0 Å². The summed E-state index contributed by atoms with van der Waals surface area (Å²) in [6.45, 7) is 1.32. The Morgan fingerprint density at radius 2 is 1.86 bits per heavy atom. The van der Waals surface area contributed by atoms with Gasteiger partial charge in [-0.25, -0.2) is 4.98 Å². The molecule has 1 amide bonds. The van der Waals surface area contributed by atoms with Crippen molar-refractivity contribution in [3.8, 4) is 0 Å². The number of amides is 1. The van der Waals surface area contributed by atoms with Gasteiger partial charge in [0.25, 0.3) is 0 Å². The summed E-state index contributed by atoms with van der Waals surface area (Å²) in [5.74, 6) is 0.131. The Kier molecular flexibility index (Phi) is 3.97. The van der Waals surface area contributed by atoms with Crippen LogP contribution in [0.5, 0.6) is 0 Å². The molecule has 0 aromatic carbocycles. The van der Waals surface area contributed by atoms with Crippen molar-refractivity contribution in [3.63, 3.8) is 0 Å². The van der Waals surface area contributed by atoms with E-state index in [-0.39, 0.29) is 11.8 Å². The van der Waals surface area contributed by atoms with Crippen molar-refractivity contribution in [1.82, 2.24) is 10.3 Å². The SMILES string of the molecule is O=C(NC1CC1)C1CCN(c2ccc(C(F)(F)F)nc2)CC1. The number of piperidine rings is 1. The van der Waals surface area contributed by atoms with E-state index >= 15 is 0 Å². The molecule has 22 heavy (non-hydrogen) atoms. The van der Waals surface area contributed by atoms with Crippen LogP contribution in [0.2, 0.25) is 0 Å². The average molecular weight is 313 g/mol. The molecule has 1 aliphatic carbocycles. The summed E-state index contributed by atoms with van der Waals surface area (Å²) < 4.78 is 37.5. The fourth-order valence-corrected chi connectivity index (χ4v) is 2.69. The maximum atomic E-state index is 12.5. The van der Waals surface area contributed by atoms with Crippen LogP contribution in [0.1, 0.15) is 31.4 Å². The highest BCUT2D eigenvalue weighted by Gasteiger charge is 2.33. The van der Waals surface area contributed by atoms with Crippen LogP contribution in [0.25, 0.3) is 0 Å². The molecule has 1 saturated carbocycles. The molecular weight excluding hydrogens is 295 g/mol. The van der Waals surface area contributed by atoms with Gasteiger partial charge in [0.05, 0.1) is 11.9 Å². The molecule has 1 aromatic heterocycles. The topological polar surface area (TPSA) is 45.2 Å². The first-order valence-corrected chi connectivity index (χ1v) is 7.52. The summed E-state index contributed by atoms with van der Waals surface area (Å²) in [4.78, 5) is 17.4. The highest BCUT2D eigenvalue weighted by atomic mass is 19.4. The lowest BCUT2D eigenvalue weighted by Gasteiger charge is -2.32. The highest BCUT2D eigenvalue weighted by Crippen LogP contribution is 2.30. The van der Waals surface area contributed by atoms with E-state index in [1.54, 1.807) is 0 Å². The number of carbonyl (C=O) groups excluding carboxylic acids is 1. The second kappa shape index (κ2) is 5.78. The van der Waals surface area contributed by atoms with Crippen LogP contribution in [0.15, 0.2) is 18.3 Å². The number of nitrogens with zero attached hydrogens (tertiary/aromatic N) is 2. The molecule has 2 aliphatic rings. The van der Waals surface area contributed by atoms with Crippen LogP contribution < -0.4 is 10.2 Å². The predicted octanol–water partition coefficient (Wildman–Crippen LogP) is 2.60. The summed E-state index contributed by atoms with van der Waals surface area (Å²) in [6, 6.07) is 2.81. The quantitative estimate of drug-likeness (QED) is 0.933. The van der Waals surface area contributed by atoms with Crippen molar-refractivity contribution >= 4 is 11.6 Å². The van der Waals surface area contributed by atoms with E-state index in [1.165, 1.54) is 12.3 Å². The first kappa shape index (κ1) is 15.1. The van der Waals surface area contributed by atoms with E-state index < -0.39 is 11.9 Å². The molecule has 1 saturated heterocycles. The summed E-state index contributed by atoms with van der Waals surface area (Å²) >= 11 is 0. The molecule has 0 atom stereocenters. The van der Waals surface area contributed by atoms with Crippen LogP contribution in [0.4, 0.5) is 18.9 Å². The standard InChI is InChI=1S/C15H18F3N3O/c16-15(17,18)13-4-3-12(9-19-13)21-7-5-10(6-8-21)14(22)20-11-1-2-11/h3-4,9-11H,1-2,5-8H2,(H,20,22). The lowest BCUT2D eigenvalue weighted by atomic mass is 9.95. The number of alkyl halides is 3. The van der Waals surface area contributed by atoms with Gasteiger partial charge < -0.3 is 10.2 Å². The Bertz CT molecular complexity index is 532. The van der Waals surface area contributed by atoms with Gasteiger partial charge in [0.15, 0.2) is 0 Å². The van der Waals surface area contributed by atoms with E-state index in [0.29, 0.717) is 24.8 Å². The molecule has 0 radical (unpaired) electrons. The summed E-state index contributed by atoms with van der Waals surface area (Å²) in [5.41, 5.74) is -0.205. The number of pyridine rings is 1. The maximum absolute atomic E-state index is 12.5. The molecular formula is C15H18F3N3O. The van der Waals surface area contributed by atoms with Gasteiger partial charge in [0.2, 0.25) is 5.91 Å². The second-order valence-electron chi connectivity index (χ2n) is 5.94. The molecule has 1 aliphatic heterocycles. The Hall–Kier alpha value is -1.79. The number of hydrogen-bond donors (Lipinski definition) is 1. The molecule has 2 heterocycles. The zero-order valence-electron chi connectivity index (χ0n) is 12.1. The van der Waals surface area contributed by atoms with Gasteiger partial charge in [-0.2, -0.15) is 13.2 Å². The van der Waals surface area contributed by atoms with Crippen LogP contribution in [0, 0.1) is 5.92 Å². The minimum atomic E-state index is -4.41. The molecule has 7 heteroatoms. The Morgan fingerprint density at radius 1 is 1.18 bits per heavy atom. The molecule has 4 nitrogen and oxygen atoms in total. The predicted molar refractivity (Wildman–Crippen MR) is 75.3 cm³/mol. The van der Waals surface area contributed by atoms with Gasteiger partial charge in [-0.1, -0.05) is 0 Å². The molecule has 120 valence electrons. The van der Waals surface area contributed by atoms with E-state index in [9.17, 15) is 18.0 Å². The molecule has 3 rings (SSSR count). The Morgan fingerprint density at radius 3 is 2.36 bits per heavy atom. The third kappa shape index (κ3) is 3.51. The minimum Gasteiger partial charge on any atom is -0.370 e. The van der Waals surface area contributed by atoms with Gasteiger partial charge in [-0.05, 0) is 37.8 Å². The average Bonchev–Trinajstić information content (AvgIpc) is 3.31. The first-order valence-electron chi connectivity index (χ1n) is 7.52. The van der Waals surface area contributed by atoms with Crippen molar-refractivity contribution in [2.45, 2.75) is 37.9 Å². The molecule has 0 spiro atoms. The molecule has 0 bridgehead atoms. The number of halogens is 3. The smallest absolute Gasteiger partial charge is 0.370 e. The second-order valence-corrected chi connectivity index (χ2v) is 5.94. The van der Waals surface area contributed by atoms with Crippen LogP contribution in [-0.2, 0) is 11.0 Å². The van der Waals surface area contributed by atoms with Gasteiger partial charge in [-0.15, -0.1) is 0 Å². The lowest BCUT2D eigenvalue weighted by Crippen LogP contribution is -2.41. The number of nitrogens with one attached hydrogen (secondary N) is 1. The first-order chi connectivity index (χ1) is 10.4. The number of aromatic nitrogens is 1. The van der Waals surface area contributed by atoms with Gasteiger partial charge >= 0.3 is 6.18 Å². The number of rotatable bonds is 3. The van der Waals surface area contributed by atoms with Crippen LogP contribution in [0.3, 0.4) is 0 Å². The number of carbonyl (C=O) groups is 1. The zero-order valence-corrected chi connectivity index (χ0v) is 12.1. The van der Waals surface area contributed by atoms with Crippen molar-refractivity contribution in [2.24, 2.45) is 5.92 Å². The largest absolute Gasteiger partial charge is 0.433 e. The van der Waals surface area contributed by atoms with Crippen LogP contribution >= 0.6 is 0 Å². The normalized spacial score (nSPS) is 20.0. The van der Waals surface area contributed by atoms with E-state index in [1.807, 2.05) is 4.90 Å². The zero-order chi connectivity index (χ0) is 15.7. The Balaban J connectivity index is 1.55. The Labute approximate surface area is 126 Å². The maximum Gasteiger partial charge on any atom is 0.433 e. The molecule has 1 N–H and O–H groups in total. The minimum absolute atomic E-state index is 0.0132.